The predicted molar refractivity (Wildman–Crippen MR) is 140 cm³/mol. The van der Waals surface area contributed by atoms with Gasteiger partial charge in [-0.15, -0.1) is 0 Å². The molecule has 2 saturated heterocycles. The summed E-state index contributed by atoms with van der Waals surface area (Å²) in [4.78, 5) is 28.8. The van der Waals surface area contributed by atoms with Crippen LogP contribution in [0.25, 0.3) is 0 Å². The second kappa shape index (κ2) is 11.9. The van der Waals surface area contributed by atoms with Gasteiger partial charge < -0.3 is 20.2 Å². The molecular formula is C27H35F3N4O3. The largest absolute Gasteiger partial charge is 0.490 e. The third kappa shape index (κ3) is 7.38. The molecule has 2 aromatic rings. The number of carbonyl (C=O) groups is 2. The molecule has 0 bridgehead atoms. The van der Waals surface area contributed by atoms with Crippen LogP contribution in [0.5, 0.6) is 0 Å². The second-order valence-corrected chi connectivity index (χ2v) is 9.82. The number of carboxylic acid groups (broad SMARTS) is 1. The number of likely N-dealkylation sites (tertiary alicyclic amines) is 1. The fraction of sp³-hybridized carbons (Fsp3) is 0.481. The van der Waals surface area contributed by atoms with E-state index in [1.165, 1.54) is 37.1 Å². The molecule has 0 spiro atoms. The van der Waals surface area contributed by atoms with Crippen LogP contribution in [0.2, 0.25) is 0 Å². The zero-order valence-corrected chi connectivity index (χ0v) is 21.7. The summed E-state index contributed by atoms with van der Waals surface area (Å²) < 4.78 is 31.7. The number of carboxylic acids is 1. The number of aryl methyl sites for hydroxylation is 1. The number of halogens is 3. The number of benzene rings is 2. The molecule has 2 atom stereocenters. The van der Waals surface area contributed by atoms with Crippen LogP contribution in [0.4, 0.5) is 30.2 Å². The van der Waals surface area contributed by atoms with E-state index in [-0.39, 0.29) is 5.91 Å². The van der Waals surface area contributed by atoms with Crippen molar-refractivity contribution in [1.29, 1.82) is 0 Å². The Hall–Kier alpha value is -3.27. The van der Waals surface area contributed by atoms with Crippen LogP contribution in [0.15, 0.2) is 42.5 Å². The molecule has 202 valence electrons. The zero-order valence-electron chi connectivity index (χ0n) is 21.7. The van der Waals surface area contributed by atoms with Crippen molar-refractivity contribution in [3.8, 4) is 0 Å². The lowest BCUT2D eigenvalue weighted by atomic mass is 10.1. The van der Waals surface area contributed by atoms with E-state index in [1.807, 2.05) is 49.3 Å². The molecule has 2 unspecified atom stereocenters. The third-order valence-electron chi connectivity index (χ3n) is 6.92. The van der Waals surface area contributed by atoms with Crippen molar-refractivity contribution < 1.29 is 27.9 Å². The maximum atomic E-state index is 12.6. The van der Waals surface area contributed by atoms with Crippen molar-refractivity contribution in [2.45, 2.75) is 51.4 Å². The van der Waals surface area contributed by atoms with Crippen LogP contribution in [0, 0.1) is 6.92 Å². The van der Waals surface area contributed by atoms with E-state index in [1.54, 1.807) is 0 Å². The lowest BCUT2D eigenvalue weighted by Crippen LogP contribution is -2.39. The summed E-state index contributed by atoms with van der Waals surface area (Å²) in [6, 6.07) is 15.4. The number of anilines is 3. The fourth-order valence-electron chi connectivity index (χ4n) is 4.93. The first-order valence-corrected chi connectivity index (χ1v) is 12.4. The van der Waals surface area contributed by atoms with Crippen LogP contribution in [0.1, 0.15) is 42.1 Å². The van der Waals surface area contributed by atoms with E-state index < -0.39 is 12.1 Å². The van der Waals surface area contributed by atoms with Crippen LogP contribution in [-0.4, -0.2) is 73.9 Å². The number of alkyl halides is 3. The van der Waals surface area contributed by atoms with Gasteiger partial charge in [-0.3, -0.25) is 9.69 Å². The predicted octanol–water partition coefficient (Wildman–Crippen LogP) is 5.01. The Bertz CT molecular complexity index is 1090. The van der Waals surface area contributed by atoms with Crippen LogP contribution in [-0.2, 0) is 4.79 Å². The molecule has 2 aromatic carbocycles. The van der Waals surface area contributed by atoms with E-state index in [4.69, 9.17) is 9.90 Å². The minimum atomic E-state index is -5.08. The van der Waals surface area contributed by atoms with Gasteiger partial charge in [-0.2, -0.15) is 13.2 Å². The van der Waals surface area contributed by atoms with Crippen molar-refractivity contribution in [1.82, 2.24) is 4.90 Å². The summed E-state index contributed by atoms with van der Waals surface area (Å²) in [5.41, 5.74) is 5.11. The van der Waals surface area contributed by atoms with E-state index in [0.717, 1.165) is 30.5 Å². The van der Waals surface area contributed by atoms with E-state index in [0.29, 0.717) is 11.6 Å². The Morgan fingerprint density at radius 3 is 2.22 bits per heavy atom. The number of aliphatic carboxylic acids is 1. The molecule has 2 aliphatic rings. The zero-order chi connectivity index (χ0) is 27.3. The molecule has 37 heavy (non-hydrogen) atoms. The first kappa shape index (κ1) is 28.3. The van der Waals surface area contributed by atoms with Crippen molar-refractivity contribution in [3.05, 3.63) is 53.6 Å². The highest BCUT2D eigenvalue weighted by Crippen LogP contribution is 2.31. The summed E-state index contributed by atoms with van der Waals surface area (Å²) in [7, 11) is 3.99. The maximum absolute atomic E-state index is 12.6. The summed E-state index contributed by atoms with van der Waals surface area (Å²) in [5.74, 6) is -2.83. The fourth-order valence-corrected chi connectivity index (χ4v) is 4.93. The molecule has 2 heterocycles. The van der Waals surface area contributed by atoms with Gasteiger partial charge in [0.2, 0.25) is 0 Å². The van der Waals surface area contributed by atoms with Crippen molar-refractivity contribution in [3.63, 3.8) is 0 Å². The second-order valence-electron chi connectivity index (χ2n) is 9.82. The molecule has 10 heteroatoms. The van der Waals surface area contributed by atoms with Gasteiger partial charge >= 0.3 is 12.1 Å². The number of amides is 1. The Balaban J connectivity index is 0.000000479. The van der Waals surface area contributed by atoms with Gasteiger partial charge in [0.25, 0.3) is 5.91 Å². The molecule has 7 nitrogen and oxygen atoms in total. The topological polar surface area (TPSA) is 76.1 Å². The van der Waals surface area contributed by atoms with E-state index in [2.05, 4.69) is 41.1 Å². The molecule has 2 fully saturated rings. The van der Waals surface area contributed by atoms with Crippen molar-refractivity contribution >= 4 is 28.9 Å². The highest BCUT2D eigenvalue weighted by atomic mass is 19.4. The van der Waals surface area contributed by atoms with Gasteiger partial charge in [-0.1, -0.05) is 0 Å². The van der Waals surface area contributed by atoms with Gasteiger partial charge in [-0.25, -0.2) is 4.79 Å². The quantitative estimate of drug-likeness (QED) is 0.577. The molecule has 4 rings (SSSR count). The number of carbonyl (C=O) groups excluding carboxylic acids is 1. The first-order chi connectivity index (χ1) is 17.4. The lowest BCUT2D eigenvalue weighted by Gasteiger charge is -2.29. The van der Waals surface area contributed by atoms with Gasteiger partial charge in [0, 0.05) is 61.9 Å². The average molecular weight is 521 g/mol. The highest BCUT2D eigenvalue weighted by molar-refractivity contribution is 6.04. The van der Waals surface area contributed by atoms with E-state index in [9.17, 15) is 18.0 Å². The summed E-state index contributed by atoms with van der Waals surface area (Å²) in [6.45, 7) is 7.97. The molecule has 0 aliphatic carbocycles. The standard InChI is InChI=1S/C25H34N4O.C2HF3O2/c1-18-16-21(26-25(30)20-7-10-22(11-8-20)27(3)4)9-12-24(18)28-15-13-23(17-28)29-14-5-6-19(29)2;3-2(4,5)1(6)7/h7-12,16,19,23H,5-6,13-15,17H2,1-4H3,(H,26,30);(H,6,7). The Morgan fingerprint density at radius 2 is 1.70 bits per heavy atom. The third-order valence-corrected chi connectivity index (χ3v) is 6.92. The van der Waals surface area contributed by atoms with Gasteiger partial charge in [0.05, 0.1) is 0 Å². The normalized spacial score (nSPS) is 19.8. The Morgan fingerprint density at radius 1 is 1.05 bits per heavy atom. The molecule has 0 saturated carbocycles. The number of hydrogen-bond acceptors (Lipinski definition) is 5. The average Bonchev–Trinajstić information content (AvgIpc) is 3.48. The van der Waals surface area contributed by atoms with Gasteiger partial charge in [-0.05, 0) is 87.7 Å². The highest BCUT2D eigenvalue weighted by Gasteiger charge is 2.38. The SMILES string of the molecule is Cc1cc(NC(=O)c2ccc(N(C)C)cc2)ccc1N1CCC(N2CCCC2C)C1.O=C(O)C(F)(F)F. The number of nitrogens with one attached hydrogen (secondary N) is 1. The maximum Gasteiger partial charge on any atom is 0.490 e. The van der Waals surface area contributed by atoms with Gasteiger partial charge in [0.1, 0.15) is 0 Å². The summed E-state index contributed by atoms with van der Waals surface area (Å²) in [5, 5.41) is 10.2. The lowest BCUT2D eigenvalue weighted by molar-refractivity contribution is -0.192. The molecule has 1 amide bonds. The minimum absolute atomic E-state index is 0.0725. The number of nitrogens with zero attached hydrogens (tertiary/aromatic N) is 3. The van der Waals surface area contributed by atoms with Gasteiger partial charge in [0.15, 0.2) is 0 Å². The molecule has 0 radical (unpaired) electrons. The van der Waals surface area contributed by atoms with Crippen LogP contribution in [0.3, 0.4) is 0 Å². The smallest absolute Gasteiger partial charge is 0.475 e. The van der Waals surface area contributed by atoms with Crippen LogP contribution >= 0.6 is 0 Å². The van der Waals surface area contributed by atoms with Crippen molar-refractivity contribution in [2.75, 3.05) is 48.8 Å². The molecular weight excluding hydrogens is 485 g/mol. The monoisotopic (exact) mass is 520 g/mol. The van der Waals surface area contributed by atoms with Crippen molar-refractivity contribution in [2.24, 2.45) is 0 Å². The van der Waals surface area contributed by atoms with Crippen LogP contribution < -0.4 is 15.1 Å². The Labute approximate surface area is 215 Å². The first-order valence-electron chi connectivity index (χ1n) is 12.4. The summed E-state index contributed by atoms with van der Waals surface area (Å²) in [6.07, 6.45) is -1.17. The Kier molecular flexibility index (Phi) is 9.07. The molecule has 0 aromatic heterocycles. The minimum Gasteiger partial charge on any atom is -0.475 e. The number of hydrogen-bond donors (Lipinski definition) is 2. The summed E-state index contributed by atoms with van der Waals surface area (Å²) >= 11 is 0. The molecule has 2 aliphatic heterocycles. The van der Waals surface area contributed by atoms with E-state index >= 15 is 0 Å². The molecule has 2 N–H and O–H groups in total. The number of rotatable bonds is 5.